The minimum Gasteiger partial charge on any atom is -0.508 e. The standard InChI is InChI=1S/C18H27N3O6/c1-18(2,3)27-17(25)20-7-9-21(10-8-20)19-15(16(23)24)13-6-5-12(22)11-14(13)26-4/h5-6,11,15,19,22H,7-10H2,1-4H3,(H,23,24). The third-order valence-corrected chi connectivity index (χ3v) is 4.02. The van der Waals surface area contributed by atoms with E-state index in [9.17, 15) is 19.8 Å². The highest BCUT2D eigenvalue weighted by atomic mass is 16.6. The van der Waals surface area contributed by atoms with Crippen LogP contribution in [0.2, 0.25) is 0 Å². The molecule has 9 nitrogen and oxygen atoms in total. The van der Waals surface area contributed by atoms with Crippen LogP contribution in [0.4, 0.5) is 4.79 Å². The molecule has 3 N–H and O–H groups in total. The average molecular weight is 381 g/mol. The molecular weight excluding hydrogens is 354 g/mol. The summed E-state index contributed by atoms with van der Waals surface area (Å²) in [6.07, 6.45) is -0.378. The smallest absolute Gasteiger partial charge is 0.410 e. The molecule has 1 saturated heterocycles. The number of ether oxygens (including phenoxy) is 2. The molecule has 27 heavy (non-hydrogen) atoms. The van der Waals surface area contributed by atoms with Crippen LogP contribution in [0.5, 0.6) is 11.5 Å². The molecule has 150 valence electrons. The summed E-state index contributed by atoms with van der Waals surface area (Å²) in [6.45, 7) is 7.16. The second-order valence-electron chi connectivity index (χ2n) is 7.28. The molecule has 1 aliphatic rings. The van der Waals surface area contributed by atoms with Crippen molar-refractivity contribution in [1.29, 1.82) is 0 Å². The number of hydrogen-bond donors (Lipinski definition) is 3. The van der Waals surface area contributed by atoms with Crippen LogP contribution in [0.15, 0.2) is 18.2 Å². The van der Waals surface area contributed by atoms with Gasteiger partial charge in [0.25, 0.3) is 0 Å². The number of carboxylic acids is 1. The van der Waals surface area contributed by atoms with Crippen molar-refractivity contribution in [3.8, 4) is 11.5 Å². The first-order valence-electron chi connectivity index (χ1n) is 8.69. The van der Waals surface area contributed by atoms with E-state index in [1.807, 2.05) is 20.8 Å². The Morgan fingerprint density at radius 1 is 1.19 bits per heavy atom. The molecule has 1 aromatic rings. The Labute approximate surface area is 158 Å². The second kappa shape index (κ2) is 8.45. The molecule has 0 radical (unpaired) electrons. The van der Waals surface area contributed by atoms with Crippen molar-refractivity contribution in [2.24, 2.45) is 0 Å². The predicted octanol–water partition coefficient (Wildman–Crippen LogP) is 1.58. The van der Waals surface area contributed by atoms with E-state index >= 15 is 0 Å². The first-order chi connectivity index (χ1) is 12.6. The van der Waals surface area contributed by atoms with Crippen LogP contribution in [0.3, 0.4) is 0 Å². The highest BCUT2D eigenvalue weighted by Crippen LogP contribution is 2.29. The van der Waals surface area contributed by atoms with Gasteiger partial charge in [0.15, 0.2) is 0 Å². The van der Waals surface area contributed by atoms with Crippen LogP contribution in [0.25, 0.3) is 0 Å². The molecule has 2 rings (SSSR count). The molecule has 1 amide bonds. The summed E-state index contributed by atoms with van der Waals surface area (Å²) in [4.78, 5) is 25.5. The van der Waals surface area contributed by atoms with Crippen molar-refractivity contribution >= 4 is 12.1 Å². The largest absolute Gasteiger partial charge is 0.508 e. The van der Waals surface area contributed by atoms with Gasteiger partial charge in [0.2, 0.25) is 0 Å². The normalized spacial score (nSPS) is 16.7. The molecule has 0 aliphatic carbocycles. The van der Waals surface area contributed by atoms with Gasteiger partial charge in [-0.25, -0.2) is 15.2 Å². The zero-order chi connectivity index (χ0) is 20.2. The number of aromatic hydroxyl groups is 1. The fourth-order valence-corrected chi connectivity index (χ4v) is 2.72. The Bertz CT molecular complexity index is 680. The molecule has 1 aliphatic heterocycles. The Balaban J connectivity index is 2.01. The predicted molar refractivity (Wildman–Crippen MR) is 97.6 cm³/mol. The Morgan fingerprint density at radius 2 is 1.81 bits per heavy atom. The number of hydrogen-bond acceptors (Lipinski definition) is 7. The third-order valence-electron chi connectivity index (χ3n) is 4.02. The van der Waals surface area contributed by atoms with Crippen LogP contribution in [0.1, 0.15) is 32.4 Å². The minimum absolute atomic E-state index is 0.00860. The van der Waals surface area contributed by atoms with Crippen molar-refractivity contribution < 1.29 is 29.3 Å². The number of phenols is 1. The minimum atomic E-state index is -1.08. The van der Waals surface area contributed by atoms with Gasteiger partial charge in [-0.3, -0.25) is 4.79 Å². The van der Waals surface area contributed by atoms with Crippen LogP contribution in [-0.2, 0) is 9.53 Å². The van der Waals surface area contributed by atoms with Gasteiger partial charge in [-0.2, -0.15) is 0 Å². The maximum Gasteiger partial charge on any atom is 0.410 e. The Kier molecular flexibility index (Phi) is 6.50. The van der Waals surface area contributed by atoms with Gasteiger partial charge in [-0.1, -0.05) is 0 Å². The number of benzene rings is 1. The number of carboxylic acid groups (broad SMARTS) is 1. The SMILES string of the molecule is COc1cc(O)ccc1C(NN1CCN(C(=O)OC(C)(C)C)CC1)C(=O)O. The summed E-state index contributed by atoms with van der Waals surface area (Å²) in [5, 5.41) is 20.9. The lowest BCUT2D eigenvalue weighted by molar-refractivity contribution is -0.141. The summed E-state index contributed by atoms with van der Waals surface area (Å²) in [5.41, 5.74) is 2.81. The molecule has 9 heteroatoms. The number of rotatable bonds is 5. The summed E-state index contributed by atoms with van der Waals surface area (Å²) >= 11 is 0. The number of amides is 1. The number of nitrogens with zero attached hydrogens (tertiary/aromatic N) is 2. The topological polar surface area (TPSA) is 112 Å². The van der Waals surface area contributed by atoms with Crippen molar-refractivity contribution in [2.75, 3.05) is 33.3 Å². The first kappa shape index (κ1) is 20.8. The molecule has 1 heterocycles. The highest BCUT2D eigenvalue weighted by Gasteiger charge is 2.30. The van der Waals surface area contributed by atoms with Crippen LogP contribution >= 0.6 is 0 Å². The molecule has 1 aromatic carbocycles. The van der Waals surface area contributed by atoms with Gasteiger partial charge in [0, 0.05) is 37.8 Å². The van der Waals surface area contributed by atoms with Crippen molar-refractivity contribution in [1.82, 2.24) is 15.3 Å². The lowest BCUT2D eigenvalue weighted by Gasteiger charge is -2.37. The van der Waals surface area contributed by atoms with E-state index in [1.165, 1.54) is 25.3 Å². The number of phenolic OH excluding ortho intramolecular Hbond substituents is 1. The number of carbonyl (C=O) groups is 2. The third kappa shape index (κ3) is 5.73. The zero-order valence-electron chi connectivity index (χ0n) is 16.1. The van der Waals surface area contributed by atoms with Gasteiger partial charge in [0.05, 0.1) is 7.11 Å². The molecule has 0 aromatic heterocycles. The quantitative estimate of drug-likeness (QED) is 0.705. The van der Waals surface area contributed by atoms with E-state index in [1.54, 1.807) is 9.91 Å². The fourth-order valence-electron chi connectivity index (χ4n) is 2.72. The molecule has 1 unspecified atom stereocenters. The van der Waals surface area contributed by atoms with Gasteiger partial charge in [-0.15, -0.1) is 0 Å². The van der Waals surface area contributed by atoms with Gasteiger partial charge < -0.3 is 24.6 Å². The monoisotopic (exact) mass is 381 g/mol. The Hall–Kier alpha value is -2.52. The van der Waals surface area contributed by atoms with E-state index in [4.69, 9.17) is 9.47 Å². The number of piperazine rings is 1. The maximum absolute atomic E-state index is 12.1. The van der Waals surface area contributed by atoms with E-state index in [0.717, 1.165) is 0 Å². The molecule has 1 fully saturated rings. The molecular formula is C18H27N3O6. The highest BCUT2D eigenvalue weighted by molar-refractivity contribution is 5.76. The second-order valence-corrected chi connectivity index (χ2v) is 7.28. The zero-order valence-corrected chi connectivity index (χ0v) is 16.1. The molecule has 0 saturated carbocycles. The fraction of sp³-hybridized carbons (Fsp3) is 0.556. The van der Waals surface area contributed by atoms with E-state index < -0.39 is 17.6 Å². The number of nitrogens with one attached hydrogen (secondary N) is 1. The van der Waals surface area contributed by atoms with Gasteiger partial charge >= 0.3 is 12.1 Å². The lowest BCUT2D eigenvalue weighted by Crippen LogP contribution is -2.55. The van der Waals surface area contributed by atoms with Crippen LogP contribution in [0, 0.1) is 0 Å². The van der Waals surface area contributed by atoms with E-state index in [-0.39, 0.29) is 17.6 Å². The molecule has 0 spiro atoms. The van der Waals surface area contributed by atoms with E-state index in [0.29, 0.717) is 31.7 Å². The first-order valence-corrected chi connectivity index (χ1v) is 8.69. The van der Waals surface area contributed by atoms with E-state index in [2.05, 4.69) is 5.43 Å². The Morgan fingerprint density at radius 3 is 2.33 bits per heavy atom. The van der Waals surface area contributed by atoms with Crippen molar-refractivity contribution in [3.63, 3.8) is 0 Å². The number of hydrazine groups is 1. The average Bonchev–Trinajstić information content (AvgIpc) is 2.58. The number of carbonyl (C=O) groups excluding carboxylic acids is 1. The number of methoxy groups -OCH3 is 1. The summed E-state index contributed by atoms with van der Waals surface area (Å²) in [5.74, 6) is -0.804. The maximum atomic E-state index is 12.1. The number of aliphatic carboxylic acids is 1. The summed E-state index contributed by atoms with van der Waals surface area (Å²) < 4.78 is 10.5. The van der Waals surface area contributed by atoms with Crippen molar-refractivity contribution in [2.45, 2.75) is 32.4 Å². The summed E-state index contributed by atoms with van der Waals surface area (Å²) in [6, 6.07) is 3.24. The van der Waals surface area contributed by atoms with Gasteiger partial charge in [-0.05, 0) is 32.9 Å². The molecule has 0 bridgehead atoms. The molecule has 1 atom stereocenters. The van der Waals surface area contributed by atoms with Gasteiger partial charge in [0.1, 0.15) is 23.1 Å². The van der Waals surface area contributed by atoms with Crippen LogP contribution in [-0.4, -0.2) is 71.1 Å². The lowest BCUT2D eigenvalue weighted by atomic mass is 10.1. The van der Waals surface area contributed by atoms with Crippen molar-refractivity contribution in [3.05, 3.63) is 23.8 Å². The van der Waals surface area contributed by atoms with Crippen LogP contribution < -0.4 is 10.2 Å². The summed E-state index contributed by atoms with van der Waals surface area (Å²) in [7, 11) is 1.41.